The molecule has 0 aromatic heterocycles. The maximum atomic E-state index is 12.2. The number of aryl methyl sites for hydroxylation is 1. The first-order chi connectivity index (χ1) is 11.5. The lowest BCUT2D eigenvalue weighted by molar-refractivity contribution is -0.134. The van der Waals surface area contributed by atoms with E-state index in [-0.39, 0.29) is 30.7 Å². The number of hydrogen-bond donors (Lipinski definition) is 3. The molecule has 1 aliphatic rings. The summed E-state index contributed by atoms with van der Waals surface area (Å²) in [7, 11) is 1.51. The van der Waals surface area contributed by atoms with Gasteiger partial charge in [-0.15, -0.1) is 0 Å². The van der Waals surface area contributed by atoms with Crippen molar-refractivity contribution in [3.63, 3.8) is 0 Å². The minimum atomic E-state index is -0.525. The highest BCUT2D eigenvalue weighted by molar-refractivity contribution is 5.90. The first-order valence-electron chi connectivity index (χ1n) is 8.05. The van der Waals surface area contributed by atoms with Crippen molar-refractivity contribution in [3.05, 3.63) is 35.4 Å². The number of nitrogens with zero attached hydrogens (tertiary/aromatic N) is 1. The number of likely N-dealkylation sites (N-methyl/N-ethyl adjacent to an activating group) is 1. The van der Waals surface area contributed by atoms with Gasteiger partial charge in [0.25, 0.3) is 0 Å². The number of carbonyl (C=O) groups is 3. The topological polar surface area (TPSA) is 90.5 Å². The van der Waals surface area contributed by atoms with Gasteiger partial charge in [0.1, 0.15) is 0 Å². The number of rotatable bonds is 6. The van der Waals surface area contributed by atoms with Crippen LogP contribution in [0.3, 0.4) is 0 Å². The molecule has 1 fully saturated rings. The quantitative estimate of drug-likeness (QED) is 0.658. The molecule has 1 atom stereocenters. The number of benzene rings is 1. The van der Waals surface area contributed by atoms with Crippen molar-refractivity contribution in [1.29, 1.82) is 0 Å². The predicted molar refractivity (Wildman–Crippen MR) is 90.1 cm³/mol. The molecule has 3 amide bonds. The standard InChI is InChI=1S/C17H24N4O3/c1-12-5-3-4-6-13(12)11-21-8-7-19-17(24)14(21)9-15(22)20-10-16(23)18-2/h3-6,14H,7-11H2,1-2H3,(H,18,23)(H,19,24)(H,20,22)/t14-/m1/s1. The second kappa shape index (κ2) is 8.44. The van der Waals surface area contributed by atoms with Crippen molar-refractivity contribution < 1.29 is 14.4 Å². The molecule has 0 bridgehead atoms. The summed E-state index contributed by atoms with van der Waals surface area (Å²) in [5.41, 5.74) is 2.30. The van der Waals surface area contributed by atoms with Crippen LogP contribution in [0, 0.1) is 6.92 Å². The van der Waals surface area contributed by atoms with Crippen molar-refractivity contribution >= 4 is 17.7 Å². The van der Waals surface area contributed by atoms with Crippen LogP contribution in [0.2, 0.25) is 0 Å². The molecule has 0 spiro atoms. The Labute approximate surface area is 141 Å². The van der Waals surface area contributed by atoms with Crippen LogP contribution in [0.15, 0.2) is 24.3 Å². The van der Waals surface area contributed by atoms with Gasteiger partial charge in [0.05, 0.1) is 19.0 Å². The zero-order valence-corrected chi connectivity index (χ0v) is 14.1. The fourth-order valence-electron chi connectivity index (χ4n) is 2.69. The van der Waals surface area contributed by atoms with Crippen LogP contribution in [-0.2, 0) is 20.9 Å². The molecule has 7 nitrogen and oxygen atoms in total. The average Bonchev–Trinajstić information content (AvgIpc) is 2.57. The molecule has 0 aliphatic carbocycles. The first kappa shape index (κ1) is 17.9. The zero-order valence-electron chi connectivity index (χ0n) is 14.1. The Hall–Kier alpha value is -2.41. The van der Waals surface area contributed by atoms with Gasteiger partial charge in [-0.25, -0.2) is 0 Å². The number of hydrogen-bond acceptors (Lipinski definition) is 4. The first-order valence-corrected chi connectivity index (χ1v) is 8.05. The van der Waals surface area contributed by atoms with Crippen molar-refractivity contribution in [1.82, 2.24) is 20.9 Å². The summed E-state index contributed by atoms with van der Waals surface area (Å²) in [5.74, 6) is -0.728. The van der Waals surface area contributed by atoms with E-state index in [1.165, 1.54) is 7.05 Å². The summed E-state index contributed by atoms with van der Waals surface area (Å²) < 4.78 is 0. The number of piperazine rings is 1. The van der Waals surface area contributed by atoms with Crippen molar-refractivity contribution in [3.8, 4) is 0 Å². The Morgan fingerprint density at radius 3 is 2.75 bits per heavy atom. The molecule has 0 radical (unpaired) electrons. The Bertz CT molecular complexity index is 618. The molecular formula is C17H24N4O3. The monoisotopic (exact) mass is 332 g/mol. The molecule has 1 saturated heterocycles. The molecule has 1 aromatic rings. The smallest absolute Gasteiger partial charge is 0.239 e. The van der Waals surface area contributed by atoms with E-state index in [1.807, 2.05) is 36.1 Å². The van der Waals surface area contributed by atoms with Crippen molar-refractivity contribution in [2.45, 2.75) is 25.9 Å². The van der Waals surface area contributed by atoms with Crippen LogP contribution in [-0.4, -0.2) is 55.3 Å². The molecule has 3 N–H and O–H groups in total. The van der Waals surface area contributed by atoms with Gasteiger partial charge in [0.15, 0.2) is 0 Å². The summed E-state index contributed by atoms with van der Waals surface area (Å²) in [4.78, 5) is 37.5. The highest BCUT2D eigenvalue weighted by Crippen LogP contribution is 2.16. The Balaban J connectivity index is 2.01. The molecule has 130 valence electrons. The Morgan fingerprint density at radius 2 is 2.04 bits per heavy atom. The molecule has 1 aromatic carbocycles. The second-order valence-electron chi connectivity index (χ2n) is 5.86. The van der Waals surface area contributed by atoms with Gasteiger partial charge in [0, 0.05) is 26.7 Å². The molecule has 0 saturated carbocycles. The molecule has 7 heteroatoms. The lowest BCUT2D eigenvalue weighted by Crippen LogP contribution is -2.56. The molecule has 1 aliphatic heterocycles. The van der Waals surface area contributed by atoms with Crippen LogP contribution >= 0.6 is 0 Å². The molecule has 1 heterocycles. The van der Waals surface area contributed by atoms with Gasteiger partial charge in [0.2, 0.25) is 17.7 Å². The van der Waals surface area contributed by atoms with E-state index < -0.39 is 6.04 Å². The average molecular weight is 332 g/mol. The Kier molecular flexibility index (Phi) is 6.31. The third-order valence-electron chi connectivity index (χ3n) is 4.18. The lowest BCUT2D eigenvalue weighted by Gasteiger charge is -2.35. The number of amides is 3. The fourth-order valence-corrected chi connectivity index (χ4v) is 2.69. The summed E-state index contributed by atoms with van der Waals surface area (Å²) >= 11 is 0. The minimum Gasteiger partial charge on any atom is -0.358 e. The van der Waals surface area contributed by atoms with Crippen molar-refractivity contribution in [2.75, 3.05) is 26.7 Å². The summed E-state index contributed by atoms with van der Waals surface area (Å²) in [6.07, 6.45) is 0.0364. The lowest BCUT2D eigenvalue weighted by atomic mass is 10.0. The van der Waals surface area contributed by atoms with Gasteiger partial charge in [-0.1, -0.05) is 24.3 Å². The van der Waals surface area contributed by atoms with E-state index in [0.29, 0.717) is 19.6 Å². The summed E-state index contributed by atoms with van der Waals surface area (Å²) in [6.45, 7) is 3.83. The third kappa shape index (κ3) is 4.79. The van der Waals surface area contributed by atoms with Crippen LogP contribution < -0.4 is 16.0 Å². The zero-order chi connectivity index (χ0) is 17.5. The normalized spacial score (nSPS) is 17.9. The van der Waals surface area contributed by atoms with Crippen LogP contribution in [0.25, 0.3) is 0 Å². The highest BCUT2D eigenvalue weighted by atomic mass is 16.2. The summed E-state index contributed by atoms with van der Waals surface area (Å²) in [5, 5.41) is 7.78. The van der Waals surface area contributed by atoms with E-state index in [4.69, 9.17) is 0 Å². The number of carbonyl (C=O) groups excluding carboxylic acids is 3. The largest absolute Gasteiger partial charge is 0.358 e. The van der Waals surface area contributed by atoms with Crippen LogP contribution in [0.4, 0.5) is 0 Å². The maximum Gasteiger partial charge on any atom is 0.239 e. The van der Waals surface area contributed by atoms with E-state index >= 15 is 0 Å². The molecular weight excluding hydrogens is 308 g/mol. The molecule has 2 rings (SSSR count). The highest BCUT2D eigenvalue weighted by Gasteiger charge is 2.31. The minimum absolute atomic E-state index is 0.0364. The summed E-state index contributed by atoms with van der Waals surface area (Å²) in [6, 6.07) is 7.49. The predicted octanol–water partition coefficient (Wildman–Crippen LogP) is -0.452. The maximum absolute atomic E-state index is 12.2. The van der Waals surface area contributed by atoms with Crippen LogP contribution in [0.1, 0.15) is 17.5 Å². The van der Waals surface area contributed by atoms with E-state index in [2.05, 4.69) is 16.0 Å². The number of nitrogens with one attached hydrogen (secondary N) is 3. The van der Waals surface area contributed by atoms with Gasteiger partial charge >= 0.3 is 0 Å². The Morgan fingerprint density at radius 1 is 1.29 bits per heavy atom. The van der Waals surface area contributed by atoms with E-state index in [0.717, 1.165) is 11.1 Å². The van der Waals surface area contributed by atoms with Crippen LogP contribution in [0.5, 0.6) is 0 Å². The second-order valence-corrected chi connectivity index (χ2v) is 5.86. The van der Waals surface area contributed by atoms with Gasteiger partial charge in [-0.2, -0.15) is 0 Å². The fraction of sp³-hybridized carbons (Fsp3) is 0.471. The van der Waals surface area contributed by atoms with Crippen molar-refractivity contribution in [2.24, 2.45) is 0 Å². The van der Waals surface area contributed by atoms with E-state index in [9.17, 15) is 14.4 Å². The van der Waals surface area contributed by atoms with E-state index in [1.54, 1.807) is 0 Å². The molecule has 24 heavy (non-hydrogen) atoms. The van der Waals surface area contributed by atoms with Gasteiger partial charge in [-0.3, -0.25) is 19.3 Å². The van der Waals surface area contributed by atoms with Gasteiger partial charge in [-0.05, 0) is 18.1 Å². The third-order valence-corrected chi connectivity index (χ3v) is 4.18. The SMILES string of the molecule is CNC(=O)CNC(=O)C[C@@H]1C(=O)NCCN1Cc1ccccc1C. The molecule has 0 unspecified atom stereocenters. The van der Waals surface area contributed by atoms with Gasteiger partial charge < -0.3 is 16.0 Å².